The summed E-state index contributed by atoms with van der Waals surface area (Å²) in [7, 11) is 0. The van der Waals surface area contributed by atoms with Gasteiger partial charge in [-0.05, 0) is 38.7 Å². The van der Waals surface area contributed by atoms with Crippen LogP contribution in [0.4, 0.5) is 0 Å². The summed E-state index contributed by atoms with van der Waals surface area (Å²) in [4.78, 5) is 31.2. The number of rotatable bonds is 76. The predicted octanol–water partition coefficient (Wildman–Crippen LogP) is 24.0. The van der Waals surface area contributed by atoms with E-state index in [1.165, 1.54) is 338 Å². The van der Waals surface area contributed by atoms with Crippen LogP contribution in [0.15, 0.2) is 11.6 Å². The molecule has 4 atom stereocenters. The predicted molar refractivity (Wildman–Crippen MR) is 405 cm³/mol. The third-order valence-electron chi connectivity index (χ3n) is 19.4. The molecule has 0 fully saturated rings. The fraction of sp³-hybridized carbons (Fsp3) is 0.951. The van der Waals surface area contributed by atoms with Gasteiger partial charge in [0.25, 0.3) is 0 Å². The molecule has 91 heavy (non-hydrogen) atoms. The number of carbonyl (C=O) groups is 2. The van der Waals surface area contributed by atoms with Crippen LogP contribution in [0.5, 0.6) is 0 Å². The molecule has 4 N–H and O–H groups in total. The Morgan fingerprint density at radius 3 is 0.659 bits per heavy atom. The first-order chi connectivity index (χ1) is 44.6. The molecule has 542 valence electrons. The van der Waals surface area contributed by atoms with Crippen molar-refractivity contribution in [2.24, 2.45) is 0 Å². The second-order valence-electron chi connectivity index (χ2n) is 28.8. The molecule has 0 aliphatic carbocycles. The lowest BCUT2D eigenvalue weighted by Crippen LogP contribution is -2.39. The molecule has 0 amide bonds. The van der Waals surface area contributed by atoms with Gasteiger partial charge in [-0.15, -0.1) is 0 Å². The Balaban J connectivity index is 5.21. The zero-order chi connectivity index (χ0) is 66.4. The first-order valence-corrected chi connectivity index (χ1v) is 42.7. The van der Waals surface area contributed by atoms with E-state index >= 15 is 0 Å². The van der Waals surface area contributed by atoms with E-state index in [1.807, 2.05) is 0 Å². The smallest absolute Gasteiger partial charge is 0.215 e. The van der Waals surface area contributed by atoms with E-state index in [-0.39, 0.29) is 10.2 Å². The molecule has 8 nitrogen and oxygen atoms in total. The van der Waals surface area contributed by atoms with Gasteiger partial charge < -0.3 is 20.4 Å². The lowest BCUT2D eigenvalue weighted by molar-refractivity contribution is -0.109. The zero-order valence-electron chi connectivity index (χ0n) is 61.8. The van der Waals surface area contributed by atoms with Crippen LogP contribution in [0.2, 0.25) is 0 Å². The second kappa shape index (κ2) is 73.8. The van der Waals surface area contributed by atoms with Crippen LogP contribution < -0.4 is 0 Å². The van der Waals surface area contributed by atoms with Crippen LogP contribution in [-0.4, -0.2) is 116 Å². The van der Waals surface area contributed by atoms with Crippen LogP contribution in [0.1, 0.15) is 420 Å². The molecule has 0 saturated heterocycles. The van der Waals surface area contributed by atoms with Crippen LogP contribution in [0, 0.1) is 0 Å². The monoisotopic (exact) mass is 1320 g/mol. The second-order valence-corrected chi connectivity index (χ2v) is 31.0. The van der Waals surface area contributed by atoms with Gasteiger partial charge in [-0.3, -0.25) is 19.4 Å². The molecule has 0 heterocycles. The van der Waals surface area contributed by atoms with E-state index in [4.69, 9.17) is 0 Å². The van der Waals surface area contributed by atoms with Gasteiger partial charge in [0.1, 0.15) is 0 Å². The number of aliphatic hydroxyl groups excluding tert-OH is 4. The Morgan fingerprint density at radius 1 is 0.286 bits per heavy atom. The standard InChI is InChI=1S/C81H160N2O6S2/c1-6-10-14-18-22-26-30-34-38-42-46-50-54-58-62-76(84)71-82(72-77(85)63-59-55-51-47-43-39-35-31-27-23-19-15-11-7-2)66-68-90-80(88)70-75(5)81(89)91-69-67-83(73-78(86)64-60-56-52-48-44-40-36-32-28-24-20-16-12-8-3)74-79(87)65-61-57-53-49-45-41-37-33-29-25-21-17-13-9-4/h70,76-79,84-87H,6-69,71-74H2,1-5H3/b75-70-. The van der Waals surface area contributed by atoms with Crippen LogP contribution in [0.3, 0.4) is 0 Å². The summed E-state index contributed by atoms with van der Waals surface area (Å²) < 4.78 is 0. The average molecular weight is 1320 g/mol. The summed E-state index contributed by atoms with van der Waals surface area (Å²) in [6, 6.07) is 0. The fourth-order valence-corrected chi connectivity index (χ4v) is 14.9. The molecule has 0 aromatic heterocycles. The van der Waals surface area contributed by atoms with Crippen molar-refractivity contribution in [2.45, 2.75) is 444 Å². The summed E-state index contributed by atoms with van der Waals surface area (Å²) in [6.45, 7) is 14.0. The number of nitrogens with zero attached hydrogens (tertiary/aromatic N) is 2. The Labute approximate surface area is 577 Å². The SMILES string of the molecule is CCCCCCCCCCCCCCCCC(O)CN(CCSC(=O)/C=C(/C)C(=O)SCCN(CC(O)CCCCCCCCCCCCCCCC)CC(O)CCCCCCCCCCCCCCCC)CC(O)CCCCCCCCCCCCCCCC. The van der Waals surface area contributed by atoms with Crippen molar-refractivity contribution < 1.29 is 30.0 Å². The Bertz CT molecular complexity index is 1420. The Hall–Kier alpha value is -0.460. The van der Waals surface area contributed by atoms with Crippen molar-refractivity contribution in [3.8, 4) is 0 Å². The quantitative estimate of drug-likeness (QED) is 0.0346. The molecule has 0 aliphatic rings. The third kappa shape index (κ3) is 69.3. The maximum Gasteiger partial charge on any atom is 0.215 e. The minimum absolute atomic E-state index is 0.111. The molecule has 0 spiro atoms. The van der Waals surface area contributed by atoms with E-state index in [9.17, 15) is 30.0 Å². The largest absolute Gasteiger partial charge is 0.392 e. The highest BCUT2D eigenvalue weighted by atomic mass is 32.2. The molecule has 0 radical (unpaired) electrons. The molecule has 0 aromatic carbocycles. The molecule has 10 heteroatoms. The normalized spacial score (nSPS) is 13.5. The van der Waals surface area contributed by atoms with Gasteiger partial charge in [-0.1, -0.05) is 411 Å². The molecule has 4 unspecified atom stereocenters. The van der Waals surface area contributed by atoms with Gasteiger partial charge in [0, 0.05) is 56.3 Å². The van der Waals surface area contributed by atoms with Crippen molar-refractivity contribution in [1.29, 1.82) is 0 Å². The molecular weight excluding hydrogens is 1160 g/mol. The van der Waals surface area contributed by atoms with Gasteiger partial charge >= 0.3 is 0 Å². The zero-order valence-corrected chi connectivity index (χ0v) is 63.4. The van der Waals surface area contributed by atoms with E-state index in [0.717, 1.165) is 77.0 Å². The Morgan fingerprint density at radius 2 is 0.462 bits per heavy atom. The topological polar surface area (TPSA) is 122 Å². The van der Waals surface area contributed by atoms with Gasteiger partial charge in [0.2, 0.25) is 10.2 Å². The average Bonchev–Trinajstić information content (AvgIpc) is 3.59. The summed E-state index contributed by atoms with van der Waals surface area (Å²) in [5.41, 5.74) is 0.439. The van der Waals surface area contributed by atoms with Crippen molar-refractivity contribution in [1.82, 2.24) is 9.80 Å². The lowest BCUT2D eigenvalue weighted by atomic mass is 10.0. The first kappa shape index (κ1) is 90.5. The molecule has 0 aromatic rings. The van der Waals surface area contributed by atoms with Crippen molar-refractivity contribution in [3.05, 3.63) is 11.6 Å². The highest BCUT2D eigenvalue weighted by molar-refractivity contribution is 8.14. The third-order valence-corrected chi connectivity index (χ3v) is 21.1. The van der Waals surface area contributed by atoms with Crippen molar-refractivity contribution in [2.75, 3.05) is 50.8 Å². The number of hydrogen-bond donors (Lipinski definition) is 4. The number of thioether (sulfide) groups is 2. The lowest BCUT2D eigenvalue weighted by Gasteiger charge is -2.27. The highest BCUT2D eigenvalue weighted by Gasteiger charge is 2.19. The van der Waals surface area contributed by atoms with Crippen molar-refractivity contribution in [3.63, 3.8) is 0 Å². The molecule has 0 saturated carbocycles. The summed E-state index contributed by atoms with van der Waals surface area (Å²) in [5.74, 6) is 1.06. The molecular formula is C81H160N2O6S2. The van der Waals surface area contributed by atoms with E-state index < -0.39 is 24.4 Å². The van der Waals surface area contributed by atoms with E-state index in [1.54, 1.807) is 6.92 Å². The fourth-order valence-electron chi connectivity index (χ4n) is 13.3. The highest BCUT2D eigenvalue weighted by Crippen LogP contribution is 2.21. The minimum Gasteiger partial charge on any atom is -0.392 e. The number of carbonyl (C=O) groups excluding carboxylic acids is 2. The maximum atomic E-state index is 13.5. The number of unbranched alkanes of at least 4 members (excludes halogenated alkanes) is 52. The molecule has 0 aliphatic heterocycles. The van der Waals surface area contributed by atoms with Crippen LogP contribution >= 0.6 is 23.5 Å². The first-order valence-electron chi connectivity index (χ1n) is 40.7. The summed E-state index contributed by atoms with van der Waals surface area (Å²) in [6.07, 6.45) is 76.1. The van der Waals surface area contributed by atoms with Crippen molar-refractivity contribution >= 4 is 33.8 Å². The van der Waals surface area contributed by atoms with Crippen LogP contribution in [-0.2, 0) is 9.59 Å². The number of aliphatic hydroxyl groups is 4. The van der Waals surface area contributed by atoms with Gasteiger partial charge in [0.15, 0.2) is 0 Å². The number of hydrogen-bond acceptors (Lipinski definition) is 10. The summed E-state index contributed by atoms with van der Waals surface area (Å²) in [5, 5.41) is 44.8. The maximum absolute atomic E-state index is 13.5. The van der Waals surface area contributed by atoms with E-state index in [0.29, 0.717) is 56.3 Å². The van der Waals surface area contributed by atoms with Crippen LogP contribution in [0.25, 0.3) is 0 Å². The minimum atomic E-state index is -0.465. The van der Waals surface area contributed by atoms with Gasteiger partial charge in [-0.2, -0.15) is 0 Å². The molecule has 0 rings (SSSR count). The summed E-state index contributed by atoms with van der Waals surface area (Å²) >= 11 is 2.44. The Kier molecular flexibility index (Phi) is 73.4. The van der Waals surface area contributed by atoms with Gasteiger partial charge in [0.05, 0.1) is 24.4 Å². The molecule has 0 bridgehead atoms. The van der Waals surface area contributed by atoms with E-state index in [2.05, 4.69) is 37.5 Å². The van der Waals surface area contributed by atoms with Gasteiger partial charge in [-0.25, -0.2) is 0 Å².